The van der Waals surface area contributed by atoms with Crippen molar-refractivity contribution in [3.05, 3.63) is 0 Å². The highest BCUT2D eigenvalue weighted by molar-refractivity contribution is 4.99. The number of halogens is 3. The number of likely N-dealkylation sites (tertiary alicyclic amines) is 1. The molecule has 1 N–H and O–H groups in total. The highest BCUT2D eigenvalue weighted by atomic mass is 19.4. The Hall–Kier alpha value is -0.290. The molecular weight excluding hydrogens is 181 g/mol. The fourth-order valence-corrected chi connectivity index (χ4v) is 2.50. The zero-order chi connectivity index (χ0) is 9.64. The van der Waals surface area contributed by atoms with Crippen LogP contribution in [0.5, 0.6) is 0 Å². The Kier molecular flexibility index (Phi) is 2.03. The molecule has 2 fully saturated rings. The van der Waals surface area contributed by atoms with Crippen LogP contribution in [0.2, 0.25) is 0 Å². The number of hydrogen-bond acceptors (Lipinski definition) is 2. The zero-order valence-corrected chi connectivity index (χ0v) is 7.43. The summed E-state index contributed by atoms with van der Waals surface area (Å²) in [6.07, 6.45) is -4.08. The highest BCUT2D eigenvalue weighted by Gasteiger charge is 2.53. The van der Waals surface area contributed by atoms with Gasteiger partial charge in [0.15, 0.2) is 0 Å². The molecule has 0 aliphatic carbocycles. The van der Waals surface area contributed by atoms with E-state index in [4.69, 9.17) is 0 Å². The van der Waals surface area contributed by atoms with Crippen molar-refractivity contribution in [2.45, 2.75) is 12.2 Å². The molecule has 0 aromatic heterocycles. The molecule has 0 radical (unpaired) electrons. The second-order valence-corrected chi connectivity index (χ2v) is 4.07. The van der Waals surface area contributed by atoms with Crippen LogP contribution < -0.4 is 5.32 Å². The number of alkyl halides is 3. The van der Waals surface area contributed by atoms with Crippen LogP contribution in [0.1, 0.15) is 0 Å². The van der Waals surface area contributed by atoms with E-state index >= 15 is 0 Å². The van der Waals surface area contributed by atoms with Gasteiger partial charge in [0.25, 0.3) is 0 Å². The minimum atomic E-state index is -4.08. The first kappa shape index (κ1) is 9.27. The molecule has 0 bridgehead atoms. The van der Waals surface area contributed by atoms with E-state index in [-0.39, 0.29) is 11.8 Å². The molecule has 0 aromatic carbocycles. The first-order chi connectivity index (χ1) is 5.98. The van der Waals surface area contributed by atoms with Crippen molar-refractivity contribution in [1.29, 1.82) is 0 Å². The zero-order valence-electron chi connectivity index (χ0n) is 7.43. The van der Waals surface area contributed by atoms with Crippen LogP contribution in [0.3, 0.4) is 0 Å². The molecule has 76 valence electrons. The Morgan fingerprint density at radius 2 is 2.00 bits per heavy atom. The summed E-state index contributed by atoms with van der Waals surface area (Å²) in [4.78, 5) is 1.98. The largest absolute Gasteiger partial charge is 0.404 e. The molecule has 2 saturated heterocycles. The van der Waals surface area contributed by atoms with Crippen LogP contribution in [-0.4, -0.2) is 43.8 Å². The third-order valence-corrected chi connectivity index (χ3v) is 3.05. The summed E-state index contributed by atoms with van der Waals surface area (Å²) in [6.45, 7) is 1.88. The van der Waals surface area contributed by atoms with Gasteiger partial charge in [-0.15, -0.1) is 0 Å². The molecule has 13 heavy (non-hydrogen) atoms. The van der Waals surface area contributed by atoms with E-state index in [1.54, 1.807) is 0 Å². The lowest BCUT2D eigenvalue weighted by Crippen LogP contribution is -2.43. The monoisotopic (exact) mass is 194 g/mol. The molecule has 2 nitrogen and oxygen atoms in total. The van der Waals surface area contributed by atoms with Gasteiger partial charge >= 0.3 is 6.18 Å². The topological polar surface area (TPSA) is 15.3 Å². The van der Waals surface area contributed by atoms with Crippen molar-refractivity contribution in [1.82, 2.24) is 10.2 Å². The van der Waals surface area contributed by atoms with E-state index in [0.29, 0.717) is 13.1 Å². The molecule has 0 saturated carbocycles. The Morgan fingerprint density at radius 1 is 1.31 bits per heavy atom. The first-order valence-corrected chi connectivity index (χ1v) is 4.47. The van der Waals surface area contributed by atoms with Gasteiger partial charge in [-0.25, -0.2) is 0 Å². The number of nitrogens with zero attached hydrogens (tertiary/aromatic N) is 1. The van der Waals surface area contributed by atoms with E-state index in [9.17, 15) is 13.2 Å². The van der Waals surface area contributed by atoms with Gasteiger partial charge in [0.2, 0.25) is 0 Å². The van der Waals surface area contributed by atoms with Crippen LogP contribution in [-0.2, 0) is 0 Å². The first-order valence-electron chi connectivity index (χ1n) is 4.47. The second-order valence-electron chi connectivity index (χ2n) is 4.07. The summed E-state index contributed by atoms with van der Waals surface area (Å²) in [5, 5.41) is 2.57. The third-order valence-electron chi connectivity index (χ3n) is 3.05. The van der Waals surface area contributed by atoms with Gasteiger partial charge < -0.3 is 10.2 Å². The van der Waals surface area contributed by atoms with E-state index < -0.39 is 12.2 Å². The predicted molar refractivity (Wildman–Crippen MR) is 42.3 cm³/mol. The Balaban J connectivity index is 2.09. The van der Waals surface area contributed by atoms with E-state index in [1.807, 2.05) is 11.9 Å². The summed E-state index contributed by atoms with van der Waals surface area (Å²) in [5.41, 5.74) is 0. The lowest BCUT2D eigenvalue weighted by Gasteiger charge is -2.21. The lowest BCUT2D eigenvalue weighted by atomic mass is 9.94. The molecule has 2 aliphatic rings. The van der Waals surface area contributed by atoms with Gasteiger partial charge in [-0.05, 0) is 13.0 Å². The SMILES string of the molecule is CN1C[C@@H]2CN[C@H](C(F)(F)F)[C@H]2C1. The number of hydrogen-bond donors (Lipinski definition) is 1. The quantitative estimate of drug-likeness (QED) is 0.610. The van der Waals surface area contributed by atoms with Crippen molar-refractivity contribution < 1.29 is 13.2 Å². The van der Waals surface area contributed by atoms with Gasteiger partial charge in [0.1, 0.15) is 6.04 Å². The van der Waals surface area contributed by atoms with Gasteiger partial charge in [-0.1, -0.05) is 0 Å². The average molecular weight is 194 g/mol. The molecule has 0 spiro atoms. The molecular formula is C8H13F3N2. The molecule has 3 atom stereocenters. The highest BCUT2D eigenvalue weighted by Crippen LogP contribution is 2.37. The summed E-state index contributed by atoms with van der Waals surface area (Å²) in [6, 6.07) is -1.28. The average Bonchev–Trinajstić information content (AvgIpc) is 2.41. The van der Waals surface area contributed by atoms with Gasteiger partial charge in [0.05, 0.1) is 0 Å². The number of nitrogens with one attached hydrogen (secondary N) is 1. The van der Waals surface area contributed by atoms with Crippen molar-refractivity contribution in [3.8, 4) is 0 Å². The van der Waals surface area contributed by atoms with Crippen LogP contribution in [0.15, 0.2) is 0 Å². The molecule has 0 amide bonds. The number of rotatable bonds is 0. The molecule has 0 unspecified atom stereocenters. The summed E-state index contributed by atoms with van der Waals surface area (Å²) >= 11 is 0. The Labute approximate surface area is 75.1 Å². The normalized spacial score (nSPS) is 41.1. The molecule has 2 heterocycles. The fourth-order valence-electron chi connectivity index (χ4n) is 2.50. The maximum absolute atomic E-state index is 12.4. The van der Waals surface area contributed by atoms with Crippen LogP contribution in [0.4, 0.5) is 13.2 Å². The van der Waals surface area contributed by atoms with Gasteiger partial charge in [-0.2, -0.15) is 13.2 Å². The van der Waals surface area contributed by atoms with Crippen molar-refractivity contribution in [2.75, 3.05) is 26.7 Å². The molecule has 2 rings (SSSR count). The van der Waals surface area contributed by atoms with Crippen LogP contribution >= 0.6 is 0 Å². The van der Waals surface area contributed by atoms with Crippen molar-refractivity contribution >= 4 is 0 Å². The Bertz CT molecular complexity index is 204. The third kappa shape index (κ3) is 1.55. The standard InChI is InChI=1S/C8H13F3N2/c1-13-3-5-2-12-7(6(5)4-13)8(9,10)11/h5-7,12H,2-4H2,1H3/t5-,6-,7-/m0/s1. The lowest BCUT2D eigenvalue weighted by molar-refractivity contribution is -0.161. The minimum absolute atomic E-state index is 0.191. The fraction of sp³-hybridized carbons (Fsp3) is 1.00. The maximum atomic E-state index is 12.4. The van der Waals surface area contributed by atoms with Gasteiger partial charge in [0, 0.05) is 25.6 Å². The predicted octanol–water partition coefficient (Wildman–Crippen LogP) is 0.698. The van der Waals surface area contributed by atoms with E-state index in [0.717, 1.165) is 6.54 Å². The summed E-state index contributed by atoms with van der Waals surface area (Å²) in [5.74, 6) is -0.0402. The smallest absolute Gasteiger partial charge is 0.306 e. The van der Waals surface area contributed by atoms with Crippen molar-refractivity contribution in [3.63, 3.8) is 0 Å². The van der Waals surface area contributed by atoms with Crippen LogP contribution in [0.25, 0.3) is 0 Å². The summed E-state index contributed by atoms with van der Waals surface area (Å²) < 4.78 is 37.3. The van der Waals surface area contributed by atoms with Crippen LogP contribution in [0, 0.1) is 11.8 Å². The second kappa shape index (κ2) is 2.85. The van der Waals surface area contributed by atoms with E-state index in [1.165, 1.54) is 0 Å². The molecule has 5 heteroatoms. The van der Waals surface area contributed by atoms with E-state index in [2.05, 4.69) is 5.32 Å². The van der Waals surface area contributed by atoms with Gasteiger partial charge in [-0.3, -0.25) is 0 Å². The maximum Gasteiger partial charge on any atom is 0.404 e. The summed E-state index contributed by atoms with van der Waals surface area (Å²) in [7, 11) is 1.88. The number of fused-ring (bicyclic) bond motifs is 1. The molecule has 2 aliphatic heterocycles. The molecule has 0 aromatic rings. The van der Waals surface area contributed by atoms with Crippen molar-refractivity contribution in [2.24, 2.45) is 11.8 Å². The Morgan fingerprint density at radius 3 is 2.62 bits per heavy atom. The minimum Gasteiger partial charge on any atom is -0.306 e.